The topological polar surface area (TPSA) is 86.0 Å². The number of nitrogens with zero attached hydrogens (tertiary/aromatic N) is 2. The summed E-state index contributed by atoms with van der Waals surface area (Å²) in [7, 11) is 1.62. The Morgan fingerprint density at radius 1 is 1.07 bits per heavy atom. The largest absolute Gasteiger partial charge is 0.493 e. The van der Waals surface area contributed by atoms with Crippen molar-refractivity contribution in [3.05, 3.63) is 59.4 Å². The average Bonchev–Trinajstić information content (AvgIpc) is 3.17. The van der Waals surface area contributed by atoms with E-state index in [1.807, 2.05) is 37.3 Å². The molecule has 0 saturated carbocycles. The minimum absolute atomic E-state index is 0.109. The Kier molecular flexibility index (Phi) is 5.70. The van der Waals surface area contributed by atoms with Crippen molar-refractivity contribution in [2.24, 2.45) is 5.73 Å². The Morgan fingerprint density at radius 3 is 2.39 bits per heavy atom. The number of aromatic nitrogens is 3. The van der Waals surface area contributed by atoms with Gasteiger partial charge < -0.3 is 15.2 Å². The number of hydrogen-bond acceptors (Lipinski definition) is 5. The van der Waals surface area contributed by atoms with Gasteiger partial charge in [0.25, 0.3) is 0 Å². The third-order valence-electron chi connectivity index (χ3n) is 4.65. The lowest BCUT2D eigenvalue weighted by Crippen LogP contribution is -2.14. The van der Waals surface area contributed by atoms with Crippen LogP contribution in [-0.4, -0.2) is 28.9 Å². The molecule has 3 rings (SSSR count). The van der Waals surface area contributed by atoms with Gasteiger partial charge in [0.15, 0.2) is 17.3 Å². The first kappa shape index (κ1) is 19.9. The Morgan fingerprint density at radius 2 is 1.79 bits per heavy atom. The molecule has 2 aromatic carbocycles. The normalized spacial score (nSPS) is 12.6. The molecule has 0 aliphatic heterocycles. The number of rotatable bonds is 6. The van der Waals surface area contributed by atoms with E-state index in [-0.39, 0.29) is 5.41 Å². The predicted molar refractivity (Wildman–Crippen MR) is 111 cm³/mol. The molecule has 0 bridgehead atoms. The zero-order valence-electron chi connectivity index (χ0n) is 17.1. The molecular weight excluding hydrogens is 352 g/mol. The van der Waals surface area contributed by atoms with E-state index in [2.05, 4.69) is 48.1 Å². The molecule has 6 heteroatoms. The van der Waals surface area contributed by atoms with Crippen LogP contribution in [0, 0.1) is 0 Å². The second kappa shape index (κ2) is 8.02. The lowest BCUT2D eigenvalue weighted by atomic mass is 9.87. The van der Waals surface area contributed by atoms with Gasteiger partial charge in [-0.05, 0) is 35.6 Å². The van der Waals surface area contributed by atoms with E-state index in [0.717, 1.165) is 11.1 Å². The fourth-order valence-electron chi connectivity index (χ4n) is 2.97. The summed E-state index contributed by atoms with van der Waals surface area (Å²) in [5.41, 5.74) is 9.61. The molecule has 0 spiro atoms. The molecule has 1 heterocycles. The fourth-order valence-corrected chi connectivity index (χ4v) is 2.97. The minimum atomic E-state index is -0.444. The van der Waals surface area contributed by atoms with Crippen molar-refractivity contribution < 1.29 is 9.47 Å². The van der Waals surface area contributed by atoms with Crippen LogP contribution < -0.4 is 15.2 Å². The van der Waals surface area contributed by atoms with Crippen LogP contribution in [-0.2, 0) is 5.41 Å². The van der Waals surface area contributed by atoms with E-state index < -0.39 is 6.04 Å². The number of nitrogens with two attached hydrogens (primary N) is 1. The predicted octanol–water partition coefficient (Wildman–Crippen LogP) is 4.22. The average molecular weight is 380 g/mol. The van der Waals surface area contributed by atoms with Crippen LogP contribution in [0.1, 0.15) is 50.7 Å². The van der Waals surface area contributed by atoms with Crippen molar-refractivity contribution in [2.75, 3.05) is 13.7 Å². The van der Waals surface area contributed by atoms with Crippen LogP contribution in [0.3, 0.4) is 0 Å². The number of H-pyrrole nitrogens is 1. The Hall–Kier alpha value is -2.86. The second-order valence-corrected chi connectivity index (χ2v) is 7.69. The fraction of sp³-hybridized carbons (Fsp3) is 0.364. The van der Waals surface area contributed by atoms with E-state index in [9.17, 15) is 0 Å². The van der Waals surface area contributed by atoms with E-state index in [4.69, 9.17) is 15.2 Å². The van der Waals surface area contributed by atoms with Crippen molar-refractivity contribution in [2.45, 2.75) is 39.2 Å². The molecule has 0 unspecified atom stereocenters. The monoisotopic (exact) mass is 380 g/mol. The van der Waals surface area contributed by atoms with Gasteiger partial charge in [0.1, 0.15) is 5.82 Å². The second-order valence-electron chi connectivity index (χ2n) is 7.69. The highest BCUT2D eigenvalue weighted by Gasteiger charge is 2.18. The van der Waals surface area contributed by atoms with E-state index >= 15 is 0 Å². The zero-order chi connectivity index (χ0) is 20.3. The number of benzene rings is 2. The number of aromatic amines is 1. The van der Waals surface area contributed by atoms with Gasteiger partial charge in [-0.2, -0.15) is 5.10 Å². The SMILES string of the molecule is CCOc1cc([C@H](N)c2nc(-c3ccc(C(C)(C)C)cc3)n[nH]2)ccc1OC. The van der Waals surface area contributed by atoms with Gasteiger partial charge in [0.05, 0.1) is 19.8 Å². The molecule has 0 amide bonds. The highest BCUT2D eigenvalue weighted by molar-refractivity contribution is 5.55. The standard InChI is InChI=1S/C22H28N4O2/c1-6-28-18-13-15(9-12-17(18)27-5)19(23)21-24-20(25-26-21)14-7-10-16(11-8-14)22(2,3)4/h7-13,19H,6,23H2,1-5H3,(H,24,25,26)/t19-/m0/s1. The Labute approximate surface area is 166 Å². The van der Waals surface area contributed by atoms with Crippen LogP contribution in [0.25, 0.3) is 11.4 Å². The molecule has 3 N–H and O–H groups in total. The molecule has 1 aromatic heterocycles. The summed E-state index contributed by atoms with van der Waals surface area (Å²) in [5, 5.41) is 7.31. The summed E-state index contributed by atoms with van der Waals surface area (Å²) in [6.07, 6.45) is 0. The molecule has 3 aromatic rings. The number of nitrogens with one attached hydrogen (secondary N) is 1. The molecule has 148 valence electrons. The van der Waals surface area contributed by atoms with Crippen LogP contribution in [0.2, 0.25) is 0 Å². The summed E-state index contributed by atoms with van der Waals surface area (Å²) in [6.45, 7) is 9.05. The maximum absolute atomic E-state index is 6.42. The van der Waals surface area contributed by atoms with Crippen LogP contribution in [0.4, 0.5) is 0 Å². The van der Waals surface area contributed by atoms with Crippen molar-refractivity contribution in [3.8, 4) is 22.9 Å². The van der Waals surface area contributed by atoms with Gasteiger partial charge in [-0.15, -0.1) is 0 Å². The summed E-state index contributed by atoms with van der Waals surface area (Å²) in [5.74, 6) is 2.57. The van der Waals surface area contributed by atoms with Crippen molar-refractivity contribution >= 4 is 0 Å². The van der Waals surface area contributed by atoms with Crippen molar-refractivity contribution in [3.63, 3.8) is 0 Å². The summed E-state index contributed by atoms with van der Waals surface area (Å²) in [6, 6.07) is 13.5. The summed E-state index contributed by atoms with van der Waals surface area (Å²) >= 11 is 0. The summed E-state index contributed by atoms with van der Waals surface area (Å²) in [4.78, 5) is 4.60. The van der Waals surface area contributed by atoms with Gasteiger partial charge in [0, 0.05) is 5.56 Å². The third-order valence-corrected chi connectivity index (χ3v) is 4.65. The Bertz CT molecular complexity index is 926. The maximum Gasteiger partial charge on any atom is 0.181 e. The number of hydrogen-bond donors (Lipinski definition) is 2. The molecule has 0 saturated heterocycles. The van der Waals surface area contributed by atoms with Crippen LogP contribution in [0.15, 0.2) is 42.5 Å². The molecule has 6 nitrogen and oxygen atoms in total. The van der Waals surface area contributed by atoms with Crippen molar-refractivity contribution in [1.82, 2.24) is 15.2 Å². The molecule has 1 atom stereocenters. The lowest BCUT2D eigenvalue weighted by molar-refractivity contribution is 0.310. The van der Waals surface area contributed by atoms with E-state index in [0.29, 0.717) is 29.8 Å². The molecule has 0 aliphatic rings. The molecule has 0 aliphatic carbocycles. The first-order valence-electron chi connectivity index (χ1n) is 9.43. The van der Waals surface area contributed by atoms with Gasteiger partial charge in [-0.3, -0.25) is 5.10 Å². The van der Waals surface area contributed by atoms with Crippen LogP contribution >= 0.6 is 0 Å². The number of ether oxygens (including phenoxy) is 2. The van der Waals surface area contributed by atoms with Gasteiger partial charge in [-0.1, -0.05) is 51.1 Å². The summed E-state index contributed by atoms with van der Waals surface area (Å²) < 4.78 is 11.0. The number of methoxy groups -OCH3 is 1. The molecular formula is C22H28N4O2. The minimum Gasteiger partial charge on any atom is -0.493 e. The van der Waals surface area contributed by atoms with Gasteiger partial charge in [0.2, 0.25) is 0 Å². The van der Waals surface area contributed by atoms with E-state index in [1.165, 1.54) is 5.56 Å². The molecule has 0 fully saturated rings. The zero-order valence-corrected chi connectivity index (χ0v) is 17.1. The molecule has 0 radical (unpaired) electrons. The smallest absolute Gasteiger partial charge is 0.181 e. The van der Waals surface area contributed by atoms with E-state index in [1.54, 1.807) is 7.11 Å². The lowest BCUT2D eigenvalue weighted by Gasteiger charge is -2.18. The van der Waals surface area contributed by atoms with Crippen molar-refractivity contribution in [1.29, 1.82) is 0 Å². The van der Waals surface area contributed by atoms with Crippen LogP contribution in [0.5, 0.6) is 11.5 Å². The van der Waals surface area contributed by atoms with Gasteiger partial charge >= 0.3 is 0 Å². The highest BCUT2D eigenvalue weighted by Crippen LogP contribution is 2.31. The van der Waals surface area contributed by atoms with Gasteiger partial charge in [-0.25, -0.2) is 4.98 Å². The maximum atomic E-state index is 6.42. The third kappa shape index (κ3) is 4.17. The first-order chi connectivity index (χ1) is 13.3. The highest BCUT2D eigenvalue weighted by atomic mass is 16.5. The Balaban J connectivity index is 1.84. The first-order valence-corrected chi connectivity index (χ1v) is 9.43. The molecule has 28 heavy (non-hydrogen) atoms. The quantitative estimate of drug-likeness (QED) is 0.668.